The van der Waals surface area contributed by atoms with Crippen molar-refractivity contribution in [3.8, 4) is 5.88 Å². The van der Waals surface area contributed by atoms with Gasteiger partial charge in [-0.1, -0.05) is 21.0 Å². The van der Waals surface area contributed by atoms with Gasteiger partial charge in [0.2, 0.25) is 5.88 Å². The van der Waals surface area contributed by atoms with Crippen LogP contribution in [0.2, 0.25) is 0 Å². The number of azo groups is 1. The fourth-order valence-electron chi connectivity index (χ4n) is 2.09. The van der Waals surface area contributed by atoms with Crippen molar-refractivity contribution in [2.24, 2.45) is 10.2 Å². The van der Waals surface area contributed by atoms with Gasteiger partial charge in [-0.25, -0.2) is 4.79 Å². The number of benzene rings is 1. The molecule has 1 N–H and O–H groups in total. The number of fused-ring (bicyclic) bond motifs is 1. The molecule has 0 atom stereocenters. The van der Waals surface area contributed by atoms with E-state index in [2.05, 4.69) is 26.2 Å². The summed E-state index contributed by atoms with van der Waals surface area (Å²) >= 11 is 3.39. The number of amides is 1. The summed E-state index contributed by atoms with van der Waals surface area (Å²) in [4.78, 5) is 11.6. The van der Waals surface area contributed by atoms with Gasteiger partial charge < -0.3 is 14.4 Å². The largest absolute Gasteiger partial charge is 0.493 e. The zero-order valence-electron chi connectivity index (χ0n) is 12.9. The van der Waals surface area contributed by atoms with Crippen molar-refractivity contribution in [2.45, 2.75) is 39.8 Å². The van der Waals surface area contributed by atoms with E-state index in [0.29, 0.717) is 11.9 Å². The molecule has 22 heavy (non-hydrogen) atoms. The quantitative estimate of drug-likeness (QED) is 0.745. The van der Waals surface area contributed by atoms with Crippen LogP contribution in [0, 0.1) is 0 Å². The maximum Gasteiger partial charge on any atom is 0.452 e. The second kappa shape index (κ2) is 6.08. The van der Waals surface area contributed by atoms with E-state index in [0.717, 1.165) is 9.99 Å². The topological polar surface area (TPSA) is 76.2 Å². The summed E-state index contributed by atoms with van der Waals surface area (Å²) in [6, 6.07) is 5.57. The van der Waals surface area contributed by atoms with Crippen molar-refractivity contribution >= 4 is 38.6 Å². The Morgan fingerprint density at radius 3 is 2.68 bits per heavy atom. The third-order valence-corrected chi connectivity index (χ3v) is 3.41. The van der Waals surface area contributed by atoms with Crippen molar-refractivity contribution in [1.82, 2.24) is 4.57 Å². The number of carbonyl (C=O) groups is 1. The first-order chi connectivity index (χ1) is 10.2. The lowest BCUT2D eigenvalue weighted by atomic mass is 10.2. The number of rotatable bonds is 2. The van der Waals surface area contributed by atoms with E-state index < -0.39 is 11.7 Å². The predicted molar refractivity (Wildman–Crippen MR) is 87.7 cm³/mol. The highest BCUT2D eigenvalue weighted by Crippen LogP contribution is 2.40. The minimum atomic E-state index is -0.792. The standard InChI is InChI=1S/C15H18BrN3O3/c1-5-19-11-7-6-9(16)8-10(11)12(13(19)20)17-18-14(21)22-15(2,3)4/h6-8,20H,5H2,1-4H3. The zero-order chi connectivity index (χ0) is 16.5. The van der Waals surface area contributed by atoms with Gasteiger partial charge in [-0.2, -0.15) is 0 Å². The summed E-state index contributed by atoms with van der Waals surface area (Å²) in [5.41, 5.74) is 0.434. The van der Waals surface area contributed by atoms with E-state index >= 15 is 0 Å². The van der Waals surface area contributed by atoms with E-state index in [1.165, 1.54) is 0 Å². The van der Waals surface area contributed by atoms with Gasteiger partial charge in [0.05, 0.1) is 5.52 Å². The van der Waals surface area contributed by atoms with Crippen LogP contribution in [0.4, 0.5) is 10.5 Å². The number of aryl methyl sites for hydroxylation is 1. The van der Waals surface area contributed by atoms with Crippen molar-refractivity contribution in [3.63, 3.8) is 0 Å². The molecule has 0 bridgehead atoms. The molecular formula is C15H18BrN3O3. The Bertz CT molecular complexity index is 745. The molecule has 0 aliphatic carbocycles. The number of hydrogen-bond donors (Lipinski definition) is 1. The van der Waals surface area contributed by atoms with Crippen LogP contribution in [0.15, 0.2) is 32.9 Å². The highest BCUT2D eigenvalue weighted by molar-refractivity contribution is 9.10. The molecule has 0 radical (unpaired) electrons. The van der Waals surface area contributed by atoms with Crippen LogP contribution in [0.1, 0.15) is 27.7 Å². The molecule has 1 aromatic heterocycles. The summed E-state index contributed by atoms with van der Waals surface area (Å²) in [6.07, 6.45) is -0.792. The SMILES string of the molecule is CCn1c(O)c(N=NC(=O)OC(C)(C)C)c2cc(Br)ccc21. The third-order valence-electron chi connectivity index (χ3n) is 2.91. The summed E-state index contributed by atoms with van der Waals surface area (Å²) in [7, 11) is 0. The zero-order valence-corrected chi connectivity index (χ0v) is 14.5. The number of aromatic nitrogens is 1. The molecule has 0 spiro atoms. The monoisotopic (exact) mass is 367 g/mol. The van der Waals surface area contributed by atoms with Crippen molar-refractivity contribution in [1.29, 1.82) is 0 Å². The van der Waals surface area contributed by atoms with Crippen LogP contribution < -0.4 is 0 Å². The van der Waals surface area contributed by atoms with Gasteiger partial charge in [0, 0.05) is 16.4 Å². The van der Waals surface area contributed by atoms with Gasteiger partial charge in [-0.3, -0.25) is 0 Å². The third kappa shape index (κ3) is 3.47. The average molecular weight is 368 g/mol. The molecule has 0 saturated heterocycles. The summed E-state index contributed by atoms with van der Waals surface area (Å²) in [6.45, 7) is 7.73. The van der Waals surface area contributed by atoms with Gasteiger partial charge in [0.15, 0.2) is 5.69 Å². The Morgan fingerprint density at radius 2 is 2.09 bits per heavy atom. The molecule has 0 unspecified atom stereocenters. The summed E-state index contributed by atoms with van der Waals surface area (Å²) in [5.74, 6) is -0.0251. The molecule has 0 saturated carbocycles. The van der Waals surface area contributed by atoms with Gasteiger partial charge in [0.1, 0.15) is 5.60 Å². The van der Waals surface area contributed by atoms with Gasteiger partial charge in [-0.05, 0) is 45.9 Å². The van der Waals surface area contributed by atoms with Crippen LogP contribution >= 0.6 is 15.9 Å². The van der Waals surface area contributed by atoms with Gasteiger partial charge in [0.25, 0.3) is 0 Å². The Balaban J connectivity index is 2.45. The average Bonchev–Trinajstić information content (AvgIpc) is 2.65. The number of halogens is 1. The van der Waals surface area contributed by atoms with Gasteiger partial charge in [-0.15, -0.1) is 5.11 Å². The molecule has 6 nitrogen and oxygen atoms in total. The highest BCUT2D eigenvalue weighted by Gasteiger charge is 2.18. The molecule has 0 fully saturated rings. The number of hydrogen-bond acceptors (Lipinski definition) is 4. The van der Waals surface area contributed by atoms with E-state index in [1.807, 2.05) is 25.1 Å². The molecule has 118 valence electrons. The van der Waals surface area contributed by atoms with E-state index in [4.69, 9.17) is 4.74 Å². The number of ether oxygens (including phenoxy) is 1. The Hall–Kier alpha value is -1.89. The second-order valence-corrected chi connectivity index (χ2v) is 6.67. The van der Waals surface area contributed by atoms with Crippen LogP contribution in [-0.2, 0) is 11.3 Å². The first-order valence-corrected chi connectivity index (χ1v) is 7.67. The molecule has 1 aromatic carbocycles. The molecule has 7 heteroatoms. The smallest absolute Gasteiger partial charge is 0.452 e. The molecular weight excluding hydrogens is 350 g/mol. The fourth-order valence-corrected chi connectivity index (χ4v) is 2.45. The summed E-state index contributed by atoms with van der Waals surface area (Å²) in [5, 5.41) is 18.4. The van der Waals surface area contributed by atoms with Crippen LogP contribution in [-0.4, -0.2) is 21.4 Å². The second-order valence-electron chi connectivity index (χ2n) is 5.76. The number of nitrogens with zero attached hydrogens (tertiary/aromatic N) is 3. The molecule has 1 amide bonds. The van der Waals surface area contributed by atoms with E-state index in [-0.39, 0.29) is 11.6 Å². The normalized spacial score (nSPS) is 12.2. The molecule has 1 heterocycles. The van der Waals surface area contributed by atoms with Crippen LogP contribution in [0.25, 0.3) is 10.9 Å². The Labute approximate surface area is 136 Å². The van der Waals surface area contributed by atoms with Crippen molar-refractivity contribution in [3.05, 3.63) is 22.7 Å². The fraction of sp³-hybridized carbons (Fsp3) is 0.400. The minimum absolute atomic E-state index is 0.0251. The highest BCUT2D eigenvalue weighted by atomic mass is 79.9. The lowest BCUT2D eigenvalue weighted by Gasteiger charge is -2.16. The van der Waals surface area contributed by atoms with Crippen LogP contribution in [0.3, 0.4) is 0 Å². The van der Waals surface area contributed by atoms with Gasteiger partial charge >= 0.3 is 6.09 Å². The Morgan fingerprint density at radius 1 is 1.41 bits per heavy atom. The molecule has 2 aromatic rings. The Kier molecular flexibility index (Phi) is 4.55. The maximum absolute atomic E-state index is 11.6. The lowest BCUT2D eigenvalue weighted by Crippen LogP contribution is -2.21. The molecule has 0 aliphatic heterocycles. The first-order valence-electron chi connectivity index (χ1n) is 6.88. The predicted octanol–water partition coefficient (Wildman–Crippen LogP) is 5.15. The maximum atomic E-state index is 11.6. The minimum Gasteiger partial charge on any atom is -0.493 e. The number of carbonyl (C=O) groups excluding carboxylic acids is 1. The summed E-state index contributed by atoms with van der Waals surface area (Å²) < 4.78 is 7.62. The molecule has 0 aliphatic rings. The van der Waals surface area contributed by atoms with Crippen LogP contribution in [0.5, 0.6) is 5.88 Å². The lowest BCUT2D eigenvalue weighted by molar-refractivity contribution is 0.0592. The molecule has 2 rings (SSSR count). The number of aromatic hydroxyl groups is 1. The van der Waals surface area contributed by atoms with Crippen molar-refractivity contribution < 1.29 is 14.6 Å². The van der Waals surface area contributed by atoms with E-state index in [1.54, 1.807) is 25.3 Å². The van der Waals surface area contributed by atoms with Crippen molar-refractivity contribution in [2.75, 3.05) is 0 Å². The van der Waals surface area contributed by atoms with E-state index in [9.17, 15) is 9.90 Å². The first kappa shape index (κ1) is 16.5.